The second kappa shape index (κ2) is 9.90. The Balaban J connectivity index is 0.000000225. The average Bonchev–Trinajstić information content (AvgIpc) is 2.99. The first-order valence-electron chi connectivity index (χ1n) is 9.58. The summed E-state index contributed by atoms with van der Waals surface area (Å²) in [6.45, 7) is 6.98. The van der Waals surface area contributed by atoms with Crippen molar-refractivity contribution < 1.29 is 31.9 Å². The molecule has 0 spiro atoms. The Morgan fingerprint density at radius 2 is 1.77 bits per heavy atom. The number of carbonyl (C=O) groups is 1. The van der Waals surface area contributed by atoms with Crippen LogP contribution in [0.25, 0.3) is 5.57 Å². The summed E-state index contributed by atoms with van der Waals surface area (Å²) in [5.41, 5.74) is 2.80. The highest BCUT2D eigenvalue weighted by atomic mass is 19.3. The van der Waals surface area contributed by atoms with E-state index in [0.717, 1.165) is 17.2 Å². The third kappa shape index (κ3) is 6.51. The molecule has 0 heterocycles. The van der Waals surface area contributed by atoms with Gasteiger partial charge in [0.2, 0.25) is 0 Å². The van der Waals surface area contributed by atoms with Crippen molar-refractivity contribution in [2.45, 2.75) is 45.5 Å². The van der Waals surface area contributed by atoms with E-state index in [1.165, 1.54) is 18.2 Å². The number of allylic oxidation sites excluding steroid dienone is 3. The molecule has 0 fully saturated rings. The molecule has 0 aliphatic heterocycles. The molecule has 0 saturated heterocycles. The van der Waals surface area contributed by atoms with Crippen molar-refractivity contribution in [2.75, 3.05) is 0 Å². The van der Waals surface area contributed by atoms with Crippen molar-refractivity contribution in [2.24, 2.45) is 0 Å². The lowest BCUT2D eigenvalue weighted by Gasteiger charge is -2.08. The number of hydrogen-bond acceptors (Lipinski definition) is 1. The molecule has 7 heteroatoms. The predicted octanol–water partition coefficient (Wildman–Crippen LogP) is 6.79. The zero-order valence-electron chi connectivity index (χ0n) is 17.2. The fourth-order valence-corrected chi connectivity index (χ4v) is 3.30. The van der Waals surface area contributed by atoms with Gasteiger partial charge in [-0.2, -0.15) is 0 Å². The van der Waals surface area contributed by atoms with Gasteiger partial charge in [0.05, 0.1) is 0 Å². The van der Waals surface area contributed by atoms with E-state index in [-0.39, 0.29) is 23.4 Å². The molecule has 2 aromatic rings. The smallest absolute Gasteiger partial charge is 0.303 e. The Morgan fingerprint density at radius 3 is 2.32 bits per heavy atom. The van der Waals surface area contributed by atoms with Crippen LogP contribution in [0.5, 0.6) is 0 Å². The van der Waals surface area contributed by atoms with Crippen LogP contribution in [0, 0.1) is 31.3 Å². The monoisotopic (exact) mass is 438 g/mol. The summed E-state index contributed by atoms with van der Waals surface area (Å²) >= 11 is 0. The summed E-state index contributed by atoms with van der Waals surface area (Å²) in [5, 5.41) is 8.47. The van der Waals surface area contributed by atoms with Crippen LogP contribution >= 0.6 is 0 Å². The molecule has 166 valence electrons. The third-order valence-corrected chi connectivity index (χ3v) is 5.07. The molecule has 1 N–H and O–H groups in total. The van der Waals surface area contributed by atoms with E-state index in [0.29, 0.717) is 23.6 Å². The van der Waals surface area contributed by atoms with Gasteiger partial charge in [0.1, 0.15) is 17.5 Å². The lowest BCUT2D eigenvalue weighted by molar-refractivity contribution is -0.136. The van der Waals surface area contributed by atoms with E-state index in [4.69, 9.17) is 5.11 Å². The number of carboxylic acids is 1. The van der Waals surface area contributed by atoms with Crippen LogP contribution in [-0.2, 0) is 11.2 Å². The summed E-state index contributed by atoms with van der Waals surface area (Å²) in [6.07, 6.45) is 0.758. The largest absolute Gasteiger partial charge is 0.481 e. The van der Waals surface area contributed by atoms with Crippen molar-refractivity contribution in [1.29, 1.82) is 0 Å². The molecule has 0 unspecified atom stereocenters. The molecule has 0 amide bonds. The molecule has 31 heavy (non-hydrogen) atoms. The van der Waals surface area contributed by atoms with E-state index in [1.54, 1.807) is 6.92 Å². The number of aliphatic carboxylic acids is 1. The molecule has 3 rings (SSSR count). The van der Waals surface area contributed by atoms with Gasteiger partial charge in [0.25, 0.3) is 5.92 Å². The minimum absolute atomic E-state index is 0.0264. The van der Waals surface area contributed by atoms with Crippen LogP contribution in [0.1, 0.15) is 41.5 Å². The van der Waals surface area contributed by atoms with E-state index in [9.17, 15) is 26.7 Å². The van der Waals surface area contributed by atoms with Crippen molar-refractivity contribution in [3.8, 4) is 0 Å². The van der Waals surface area contributed by atoms with Crippen LogP contribution in [-0.4, -0.2) is 17.0 Å². The summed E-state index contributed by atoms with van der Waals surface area (Å²) in [4.78, 5) is 10.3. The fourth-order valence-electron chi connectivity index (χ4n) is 3.30. The van der Waals surface area contributed by atoms with Crippen LogP contribution in [0.15, 0.2) is 48.6 Å². The van der Waals surface area contributed by atoms with Crippen molar-refractivity contribution in [3.63, 3.8) is 0 Å². The van der Waals surface area contributed by atoms with Gasteiger partial charge in [-0.3, -0.25) is 4.79 Å². The van der Waals surface area contributed by atoms with E-state index in [1.807, 2.05) is 13.0 Å². The Bertz CT molecular complexity index is 1000. The number of carboxylic acid groups (broad SMARTS) is 1. The molecule has 0 atom stereocenters. The van der Waals surface area contributed by atoms with E-state index < -0.39 is 36.4 Å². The van der Waals surface area contributed by atoms with Gasteiger partial charge in [-0.25, -0.2) is 22.0 Å². The first-order chi connectivity index (χ1) is 14.4. The molecule has 1 aliphatic carbocycles. The highest BCUT2D eigenvalue weighted by Crippen LogP contribution is 2.44. The standard InChI is InChI=1S/C13H10F4.C11H13FO2/c1-2-8-6-13(16,17)7-11(8)10-4-3-9(14)5-12(10)15;1-7-5-9(3-4-11(13)14)6-10(12)8(7)2/h2-5H,1,6-7H2;5-6H,3-4H2,1-2H3,(H,13,14). The quantitative estimate of drug-likeness (QED) is 0.522. The number of rotatable bonds is 5. The van der Waals surface area contributed by atoms with E-state index >= 15 is 0 Å². The lowest BCUT2D eigenvalue weighted by atomic mass is 10.0. The molecular formula is C24H23F5O2. The molecular weight excluding hydrogens is 415 g/mol. The maximum Gasteiger partial charge on any atom is 0.303 e. The average molecular weight is 438 g/mol. The Hall–Kier alpha value is -2.96. The SMILES string of the molecule is C=CC1=C(c2ccc(F)cc2F)CC(F)(F)C1.Cc1cc(CCC(=O)O)cc(F)c1C. The maximum absolute atomic E-state index is 13.5. The van der Waals surface area contributed by atoms with Crippen molar-refractivity contribution in [3.05, 3.63) is 88.3 Å². The zero-order valence-corrected chi connectivity index (χ0v) is 17.2. The molecule has 2 nitrogen and oxygen atoms in total. The summed E-state index contributed by atoms with van der Waals surface area (Å²) in [5.74, 6) is -5.54. The molecule has 1 aliphatic rings. The highest BCUT2D eigenvalue weighted by molar-refractivity contribution is 5.74. The summed E-state index contributed by atoms with van der Waals surface area (Å²) in [6, 6.07) is 6.18. The molecule has 0 aromatic heterocycles. The highest BCUT2D eigenvalue weighted by Gasteiger charge is 2.39. The topological polar surface area (TPSA) is 37.3 Å². The lowest BCUT2D eigenvalue weighted by Crippen LogP contribution is -2.10. The second-order valence-corrected chi connectivity index (χ2v) is 7.45. The molecule has 2 aromatic carbocycles. The van der Waals surface area contributed by atoms with Crippen LogP contribution < -0.4 is 0 Å². The second-order valence-electron chi connectivity index (χ2n) is 7.45. The first-order valence-corrected chi connectivity index (χ1v) is 9.58. The predicted molar refractivity (Wildman–Crippen MR) is 109 cm³/mol. The van der Waals surface area contributed by atoms with Gasteiger partial charge in [-0.1, -0.05) is 18.7 Å². The maximum atomic E-state index is 13.5. The molecule has 0 saturated carbocycles. The number of alkyl halides is 2. The zero-order chi connectivity index (χ0) is 23.3. The van der Waals surface area contributed by atoms with Crippen molar-refractivity contribution in [1.82, 2.24) is 0 Å². The minimum Gasteiger partial charge on any atom is -0.481 e. The Morgan fingerprint density at radius 1 is 1.10 bits per heavy atom. The van der Waals surface area contributed by atoms with Gasteiger partial charge < -0.3 is 5.11 Å². The Labute approximate surface area is 177 Å². The summed E-state index contributed by atoms with van der Waals surface area (Å²) in [7, 11) is 0. The van der Waals surface area contributed by atoms with Crippen molar-refractivity contribution >= 4 is 11.5 Å². The van der Waals surface area contributed by atoms with E-state index in [2.05, 4.69) is 6.58 Å². The van der Waals surface area contributed by atoms with Gasteiger partial charge in [-0.05, 0) is 66.3 Å². The summed E-state index contributed by atoms with van der Waals surface area (Å²) < 4.78 is 66.0. The van der Waals surface area contributed by atoms with Crippen LogP contribution in [0.4, 0.5) is 22.0 Å². The van der Waals surface area contributed by atoms with Gasteiger partial charge >= 0.3 is 5.97 Å². The molecule has 0 radical (unpaired) electrons. The van der Waals surface area contributed by atoms with Gasteiger partial charge in [-0.15, -0.1) is 0 Å². The third-order valence-electron chi connectivity index (χ3n) is 5.07. The number of hydrogen-bond donors (Lipinski definition) is 1. The minimum atomic E-state index is -2.88. The van der Waals surface area contributed by atoms with Gasteiger partial charge in [0, 0.05) is 30.9 Å². The van der Waals surface area contributed by atoms with Crippen LogP contribution in [0.3, 0.4) is 0 Å². The number of halogens is 5. The normalized spacial score (nSPS) is 14.8. The number of benzene rings is 2. The molecule has 0 bridgehead atoms. The number of aryl methyl sites for hydroxylation is 2. The van der Waals surface area contributed by atoms with Crippen LogP contribution in [0.2, 0.25) is 0 Å². The fraction of sp³-hybridized carbons (Fsp3) is 0.292. The first kappa shape index (κ1) is 24.3. The van der Waals surface area contributed by atoms with Gasteiger partial charge in [0.15, 0.2) is 0 Å². The Kier molecular flexibility index (Phi) is 7.76.